The Kier molecular flexibility index (Phi) is 2.87. The number of aromatic nitrogens is 2. The van der Waals surface area contributed by atoms with Crippen LogP contribution in [-0.4, -0.2) is 16.7 Å². The predicted molar refractivity (Wildman–Crippen MR) is 50.0 cm³/mol. The molecule has 0 saturated carbocycles. The normalized spacial score (nSPS) is 16.0. The highest BCUT2D eigenvalue weighted by molar-refractivity contribution is 5.19. The molecule has 0 aliphatic rings. The number of hydrogen-bond donors (Lipinski definition) is 2. The molecule has 1 heterocycles. The maximum absolute atomic E-state index is 5.60. The molecule has 0 fully saturated rings. The first-order valence-corrected chi connectivity index (χ1v) is 4.36. The van der Waals surface area contributed by atoms with Crippen LogP contribution >= 0.6 is 0 Å². The molecule has 1 rings (SSSR count). The van der Waals surface area contributed by atoms with E-state index in [1.165, 1.54) is 5.56 Å². The Morgan fingerprint density at radius 3 is 2.67 bits per heavy atom. The van der Waals surface area contributed by atoms with Crippen molar-refractivity contribution in [1.82, 2.24) is 10.2 Å². The zero-order chi connectivity index (χ0) is 9.14. The van der Waals surface area contributed by atoms with E-state index < -0.39 is 0 Å². The summed E-state index contributed by atoms with van der Waals surface area (Å²) in [4.78, 5) is 0. The molecule has 3 N–H and O–H groups in total. The summed E-state index contributed by atoms with van der Waals surface area (Å²) in [5.74, 6) is 1.01. The van der Waals surface area contributed by atoms with Gasteiger partial charge in [-0.2, -0.15) is 5.10 Å². The summed E-state index contributed by atoms with van der Waals surface area (Å²) in [5, 5.41) is 6.93. The highest BCUT2D eigenvalue weighted by Gasteiger charge is 2.15. The second kappa shape index (κ2) is 3.72. The summed E-state index contributed by atoms with van der Waals surface area (Å²) in [6.45, 7) is 7.13. The van der Waals surface area contributed by atoms with Gasteiger partial charge in [-0.05, 0) is 30.9 Å². The lowest BCUT2D eigenvalue weighted by molar-refractivity contribution is 0.497. The third-order valence-corrected chi connectivity index (χ3v) is 2.58. The van der Waals surface area contributed by atoms with E-state index in [0.29, 0.717) is 11.8 Å². The molecular formula is C9H17N3. The Balaban J connectivity index is 2.77. The van der Waals surface area contributed by atoms with Gasteiger partial charge >= 0.3 is 0 Å². The van der Waals surface area contributed by atoms with Crippen molar-refractivity contribution < 1.29 is 0 Å². The molecule has 2 unspecified atom stereocenters. The van der Waals surface area contributed by atoms with Crippen LogP contribution in [0.5, 0.6) is 0 Å². The molecule has 2 atom stereocenters. The lowest BCUT2D eigenvalue weighted by atomic mass is 9.89. The van der Waals surface area contributed by atoms with Gasteiger partial charge in [0.25, 0.3) is 0 Å². The molecule has 12 heavy (non-hydrogen) atoms. The molecule has 3 nitrogen and oxygen atoms in total. The molecule has 1 aromatic heterocycles. The molecule has 68 valence electrons. The number of nitrogens with two attached hydrogens (primary N) is 1. The minimum atomic E-state index is 0.494. The van der Waals surface area contributed by atoms with Gasteiger partial charge in [-0.3, -0.25) is 5.10 Å². The molecule has 1 aromatic rings. The van der Waals surface area contributed by atoms with Crippen LogP contribution in [0.15, 0.2) is 6.20 Å². The molecule has 0 spiro atoms. The minimum absolute atomic E-state index is 0.494. The third-order valence-electron chi connectivity index (χ3n) is 2.58. The van der Waals surface area contributed by atoms with Crippen LogP contribution < -0.4 is 5.73 Å². The van der Waals surface area contributed by atoms with Crippen LogP contribution in [0.3, 0.4) is 0 Å². The quantitative estimate of drug-likeness (QED) is 0.715. The van der Waals surface area contributed by atoms with Crippen molar-refractivity contribution in [2.24, 2.45) is 11.7 Å². The molecule has 0 saturated heterocycles. The van der Waals surface area contributed by atoms with Gasteiger partial charge in [0.15, 0.2) is 0 Å². The minimum Gasteiger partial charge on any atom is -0.330 e. The maximum Gasteiger partial charge on any atom is 0.0524 e. The zero-order valence-corrected chi connectivity index (χ0v) is 7.96. The predicted octanol–water partition coefficient (Wildman–Crippen LogP) is 1.42. The Morgan fingerprint density at radius 1 is 1.58 bits per heavy atom. The summed E-state index contributed by atoms with van der Waals surface area (Å²) >= 11 is 0. The molecule has 0 bridgehead atoms. The van der Waals surface area contributed by atoms with Gasteiger partial charge in [-0.15, -0.1) is 0 Å². The smallest absolute Gasteiger partial charge is 0.0524 e. The van der Waals surface area contributed by atoms with Crippen molar-refractivity contribution in [2.75, 3.05) is 6.54 Å². The number of H-pyrrole nitrogens is 1. The summed E-state index contributed by atoms with van der Waals surface area (Å²) in [7, 11) is 0. The number of rotatable bonds is 3. The number of nitrogens with one attached hydrogen (secondary N) is 1. The molecule has 0 aliphatic heterocycles. The first kappa shape index (κ1) is 9.26. The van der Waals surface area contributed by atoms with Crippen LogP contribution in [0, 0.1) is 12.8 Å². The number of aryl methyl sites for hydroxylation is 1. The van der Waals surface area contributed by atoms with Crippen LogP contribution in [-0.2, 0) is 0 Å². The second-order valence-corrected chi connectivity index (χ2v) is 3.45. The van der Waals surface area contributed by atoms with Gasteiger partial charge in [-0.25, -0.2) is 0 Å². The summed E-state index contributed by atoms with van der Waals surface area (Å²) in [5.41, 5.74) is 8.04. The number of hydrogen-bond acceptors (Lipinski definition) is 2. The van der Waals surface area contributed by atoms with Crippen LogP contribution in [0.4, 0.5) is 0 Å². The van der Waals surface area contributed by atoms with Gasteiger partial charge in [0.2, 0.25) is 0 Å². The van der Waals surface area contributed by atoms with Crippen molar-refractivity contribution >= 4 is 0 Å². The molecule has 0 radical (unpaired) electrons. The number of nitrogens with zero attached hydrogens (tertiary/aromatic N) is 1. The first-order chi connectivity index (χ1) is 5.66. The van der Waals surface area contributed by atoms with Crippen molar-refractivity contribution in [3.8, 4) is 0 Å². The first-order valence-electron chi connectivity index (χ1n) is 4.36. The Bertz CT molecular complexity index is 242. The fourth-order valence-corrected chi connectivity index (χ4v) is 1.33. The largest absolute Gasteiger partial charge is 0.330 e. The van der Waals surface area contributed by atoms with Crippen molar-refractivity contribution in [2.45, 2.75) is 26.7 Å². The van der Waals surface area contributed by atoms with E-state index in [1.807, 2.05) is 13.1 Å². The molecule has 0 aliphatic carbocycles. The van der Waals surface area contributed by atoms with Crippen LogP contribution in [0.25, 0.3) is 0 Å². The van der Waals surface area contributed by atoms with Gasteiger partial charge in [0.05, 0.1) is 6.20 Å². The average molecular weight is 167 g/mol. The topological polar surface area (TPSA) is 54.7 Å². The van der Waals surface area contributed by atoms with E-state index in [-0.39, 0.29) is 0 Å². The van der Waals surface area contributed by atoms with E-state index >= 15 is 0 Å². The van der Waals surface area contributed by atoms with E-state index in [4.69, 9.17) is 5.73 Å². The molecular weight excluding hydrogens is 150 g/mol. The van der Waals surface area contributed by atoms with Gasteiger partial charge < -0.3 is 5.73 Å². The zero-order valence-electron chi connectivity index (χ0n) is 7.96. The lowest BCUT2D eigenvalue weighted by Gasteiger charge is -2.17. The van der Waals surface area contributed by atoms with Crippen molar-refractivity contribution in [3.05, 3.63) is 17.5 Å². The number of aromatic amines is 1. The van der Waals surface area contributed by atoms with Crippen LogP contribution in [0.1, 0.15) is 31.0 Å². The fourth-order valence-electron chi connectivity index (χ4n) is 1.33. The Hall–Kier alpha value is -0.830. The third kappa shape index (κ3) is 1.67. The lowest BCUT2D eigenvalue weighted by Crippen LogP contribution is -2.17. The van der Waals surface area contributed by atoms with E-state index in [0.717, 1.165) is 12.2 Å². The van der Waals surface area contributed by atoms with Gasteiger partial charge in [-0.1, -0.05) is 13.8 Å². The average Bonchev–Trinajstić information content (AvgIpc) is 2.48. The molecule has 3 heteroatoms. The fraction of sp³-hybridized carbons (Fsp3) is 0.667. The second-order valence-electron chi connectivity index (χ2n) is 3.45. The maximum atomic E-state index is 5.60. The van der Waals surface area contributed by atoms with Gasteiger partial charge in [0, 0.05) is 5.69 Å². The Morgan fingerprint density at radius 2 is 2.25 bits per heavy atom. The highest BCUT2D eigenvalue weighted by atomic mass is 15.1. The summed E-state index contributed by atoms with van der Waals surface area (Å²) < 4.78 is 0. The molecule has 0 aromatic carbocycles. The Labute approximate surface area is 73.4 Å². The SMILES string of the molecule is Cc1[nH]ncc1C(C)C(C)CN. The van der Waals surface area contributed by atoms with E-state index in [1.54, 1.807) is 0 Å². The van der Waals surface area contributed by atoms with Crippen LogP contribution in [0.2, 0.25) is 0 Å². The van der Waals surface area contributed by atoms with Gasteiger partial charge in [0.1, 0.15) is 0 Å². The standard InChI is InChI=1S/C9H17N3/c1-6(4-10)7(2)9-5-11-12-8(9)3/h5-7H,4,10H2,1-3H3,(H,11,12). The summed E-state index contributed by atoms with van der Waals surface area (Å²) in [6.07, 6.45) is 1.90. The van der Waals surface area contributed by atoms with E-state index in [9.17, 15) is 0 Å². The van der Waals surface area contributed by atoms with E-state index in [2.05, 4.69) is 24.0 Å². The molecule has 0 amide bonds. The summed E-state index contributed by atoms with van der Waals surface area (Å²) in [6, 6.07) is 0. The van der Waals surface area contributed by atoms with Crippen molar-refractivity contribution in [1.29, 1.82) is 0 Å². The monoisotopic (exact) mass is 167 g/mol. The highest BCUT2D eigenvalue weighted by Crippen LogP contribution is 2.24. The van der Waals surface area contributed by atoms with Crippen molar-refractivity contribution in [3.63, 3.8) is 0 Å².